The lowest BCUT2D eigenvalue weighted by Crippen LogP contribution is -2.44. The Kier molecular flexibility index (Phi) is 6.26. The van der Waals surface area contributed by atoms with Gasteiger partial charge in [-0.15, -0.1) is 0 Å². The summed E-state index contributed by atoms with van der Waals surface area (Å²) in [6, 6.07) is 3.91. The molecule has 2 fully saturated rings. The van der Waals surface area contributed by atoms with Crippen LogP contribution in [-0.2, 0) is 9.53 Å². The standard InChI is InChI=1S/C19H29N3O3/c1-15-3-8-20-18(13-15)25-17-6-11-22(12-7-17)19(23)14-24-16-4-9-21(2)10-5-16/h3,8,13,16-17H,4-7,9-12,14H2,1-2H3. The molecule has 138 valence electrons. The summed E-state index contributed by atoms with van der Waals surface area (Å²) in [5.41, 5.74) is 1.14. The van der Waals surface area contributed by atoms with Crippen LogP contribution in [-0.4, -0.2) is 72.7 Å². The molecular formula is C19H29N3O3. The maximum Gasteiger partial charge on any atom is 0.248 e. The number of amides is 1. The number of hydrogen-bond acceptors (Lipinski definition) is 5. The molecule has 0 radical (unpaired) electrons. The van der Waals surface area contributed by atoms with Crippen molar-refractivity contribution in [3.63, 3.8) is 0 Å². The summed E-state index contributed by atoms with van der Waals surface area (Å²) in [5, 5.41) is 0. The molecule has 1 amide bonds. The van der Waals surface area contributed by atoms with E-state index in [4.69, 9.17) is 9.47 Å². The smallest absolute Gasteiger partial charge is 0.248 e. The number of ether oxygens (including phenoxy) is 2. The molecule has 3 rings (SSSR count). The summed E-state index contributed by atoms with van der Waals surface area (Å²) in [6.07, 6.45) is 5.85. The fourth-order valence-electron chi connectivity index (χ4n) is 3.40. The van der Waals surface area contributed by atoms with E-state index in [2.05, 4.69) is 16.9 Å². The molecule has 0 aliphatic carbocycles. The van der Waals surface area contributed by atoms with E-state index in [1.165, 1.54) is 0 Å². The summed E-state index contributed by atoms with van der Waals surface area (Å²) in [7, 11) is 2.12. The van der Waals surface area contributed by atoms with Crippen molar-refractivity contribution < 1.29 is 14.3 Å². The fraction of sp³-hybridized carbons (Fsp3) is 0.684. The normalized spacial score (nSPS) is 20.6. The number of pyridine rings is 1. The Balaban J connectivity index is 1.37. The molecule has 2 aliphatic heterocycles. The van der Waals surface area contributed by atoms with Crippen molar-refractivity contribution in [1.82, 2.24) is 14.8 Å². The molecule has 1 aromatic rings. The van der Waals surface area contributed by atoms with E-state index in [1.807, 2.05) is 24.0 Å². The van der Waals surface area contributed by atoms with Crippen LogP contribution in [0, 0.1) is 6.92 Å². The van der Waals surface area contributed by atoms with Gasteiger partial charge in [-0.1, -0.05) is 0 Å². The average molecular weight is 347 g/mol. The lowest BCUT2D eigenvalue weighted by Gasteiger charge is -2.33. The molecule has 1 aromatic heterocycles. The van der Waals surface area contributed by atoms with Crippen molar-refractivity contribution >= 4 is 5.91 Å². The molecule has 0 aromatic carbocycles. The van der Waals surface area contributed by atoms with Crippen molar-refractivity contribution in [3.05, 3.63) is 23.9 Å². The van der Waals surface area contributed by atoms with Gasteiger partial charge < -0.3 is 19.3 Å². The second kappa shape index (κ2) is 8.63. The first-order chi connectivity index (χ1) is 12.1. The predicted octanol–water partition coefficient (Wildman–Crippen LogP) is 1.87. The number of aryl methyl sites for hydroxylation is 1. The highest BCUT2D eigenvalue weighted by atomic mass is 16.5. The van der Waals surface area contributed by atoms with Crippen LogP contribution in [0.5, 0.6) is 5.88 Å². The summed E-state index contributed by atoms with van der Waals surface area (Å²) < 4.78 is 11.8. The molecule has 0 unspecified atom stereocenters. The van der Waals surface area contributed by atoms with Crippen LogP contribution in [0.25, 0.3) is 0 Å². The van der Waals surface area contributed by atoms with E-state index in [-0.39, 0.29) is 24.7 Å². The molecule has 0 bridgehead atoms. The third-order valence-electron chi connectivity index (χ3n) is 5.08. The van der Waals surface area contributed by atoms with Crippen molar-refractivity contribution in [1.29, 1.82) is 0 Å². The molecule has 25 heavy (non-hydrogen) atoms. The van der Waals surface area contributed by atoms with Gasteiger partial charge in [0.05, 0.1) is 6.10 Å². The number of likely N-dealkylation sites (tertiary alicyclic amines) is 2. The Morgan fingerprint density at radius 3 is 2.52 bits per heavy atom. The lowest BCUT2D eigenvalue weighted by molar-refractivity contribution is -0.140. The first kappa shape index (κ1) is 18.1. The van der Waals surface area contributed by atoms with E-state index in [0.717, 1.165) is 57.4 Å². The van der Waals surface area contributed by atoms with E-state index in [9.17, 15) is 4.79 Å². The summed E-state index contributed by atoms with van der Waals surface area (Å²) in [6.45, 7) is 5.79. The van der Waals surface area contributed by atoms with Crippen LogP contribution >= 0.6 is 0 Å². The Morgan fingerprint density at radius 1 is 1.16 bits per heavy atom. The molecule has 3 heterocycles. The number of piperidine rings is 2. The average Bonchev–Trinajstić information content (AvgIpc) is 2.62. The van der Waals surface area contributed by atoms with Crippen LogP contribution in [0.3, 0.4) is 0 Å². The fourth-order valence-corrected chi connectivity index (χ4v) is 3.40. The highest BCUT2D eigenvalue weighted by molar-refractivity contribution is 5.77. The first-order valence-corrected chi connectivity index (χ1v) is 9.27. The Morgan fingerprint density at radius 2 is 1.84 bits per heavy atom. The molecule has 2 saturated heterocycles. The van der Waals surface area contributed by atoms with E-state index in [0.29, 0.717) is 5.88 Å². The number of carbonyl (C=O) groups is 1. The molecule has 6 heteroatoms. The zero-order chi connectivity index (χ0) is 17.6. The van der Waals surface area contributed by atoms with E-state index < -0.39 is 0 Å². The monoisotopic (exact) mass is 347 g/mol. The Bertz CT molecular complexity index is 565. The van der Waals surface area contributed by atoms with Gasteiger partial charge in [0.1, 0.15) is 12.7 Å². The van der Waals surface area contributed by atoms with E-state index in [1.54, 1.807) is 6.20 Å². The zero-order valence-corrected chi connectivity index (χ0v) is 15.3. The number of aromatic nitrogens is 1. The van der Waals surface area contributed by atoms with Crippen molar-refractivity contribution in [2.45, 2.75) is 44.8 Å². The molecule has 0 N–H and O–H groups in total. The first-order valence-electron chi connectivity index (χ1n) is 9.27. The third kappa shape index (κ3) is 5.41. The summed E-state index contributed by atoms with van der Waals surface area (Å²) in [4.78, 5) is 20.8. The van der Waals surface area contributed by atoms with Crippen LogP contribution in [0.15, 0.2) is 18.3 Å². The lowest BCUT2D eigenvalue weighted by atomic mass is 10.1. The van der Waals surface area contributed by atoms with Crippen LogP contribution in [0.1, 0.15) is 31.2 Å². The number of hydrogen-bond donors (Lipinski definition) is 0. The van der Waals surface area contributed by atoms with Gasteiger partial charge in [-0.3, -0.25) is 4.79 Å². The van der Waals surface area contributed by atoms with Gasteiger partial charge in [-0.25, -0.2) is 4.98 Å². The Labute approximate surface area is 150 Å². The zero-order valence-electron chi connectivity index (χ0n) is 15.3. The molecule has 6 nitrogen and oxygen atoms in total. The minimum Gasteiger partial charge on any atom is -0.474 e. The molecule has 0 saturated carbocycles. The molecule has 2 aliphatic rings. The quantitative estimate of drug-likeness (QED) is 0.814. The molecule has 0 atom stereocenters. The van der Waals surface area contributed by atoms with E-state index >= 15 is 0 Å². The maximum atomic E-state index is 12.4. The van der Waals surface area contributed by atoms with Crippen molar-refractivity contribution in [3.8, 4) is 5.88 Å². The predicted molar refractivity (Wildman–Crippen MR) is 95.7 cm³/mol. The van der Waals surface area contributed by atoms with Gasteiger partial charge in [-0.05, 0) is 38.4 Å². The van der Waals surface area contributed by atoms with Gasteiger partial charge in [0.25, 0.3) is 0 Å². The van der Waals surface area contributed by atoms with Gasteiger partial charge in [0.15, 0.2) is 0 Å². The van der Waals surface area contributed by atoms with Crippen molar-refractivity contribution in [2.75, 3.05) is 39.8 Å². The maximum absolute atomic E-state index is 12.4. The van der Waals surface area contributed by atoms with Gasteiger partial charge >= 0.3 is 0 Å². The third-order valence-corrected chi connectivity index (χ3v) is 5.08. The van der Waals surface area contributed by atoms with Crippen LogP contribution < -0.4 is 4.74 Å². The van der Waals surface area contributed by atoms with Gasteiger partial charge in [-0.2, -0.15) is 0 Å². The SMILES string of the molecule is Cc1ccnc(OC2CCN(C(=O)COC3CCN(C)CC3)CC2)c1. The molecular weight excluding hydrogens is 318 g/mol. The topological polar surface area (TPSA) is 54.9 Å². The number of rotatable bonds is 5. The number of carbonyl (C=O) groups excluding carboxylic acids is 1. The van der Waals surface area contributed by atoms with Crippen LogP contribution in [0.2, 0.25) is 0 Å². The highest BCUT2D eigenvalue weighted by Crippen LogP contribution is 2.18. The Hall–Kier alpha value is -1.66. The molecule has 0 spiro atoms. The highest BCUT2D eigenvalue weighted by Gasteiger charge is 2.25. The second-order valence-corrected chi connectivity index (χ2v) is 7.18. The van der Waals surface area contributed by atoms with Crippen LogP contribution in [0.4, 0.5) is 0 Å². The minimum atomic E-state index is 0.103. The van der Waals surface area contributed by atoms with Gasteiger partial charge in [0, 0.05) is 51.3 Å². The largest absolute Gasteiger partial charge is 0.474 e. The number of nitrogens with zero attached hydrogens (tertiary/aromatic N) is 3. The second-order valence-electron chi connectivity index (χ2n) is 7.18. The summed E-state index contributed by atoms with van der Waals surface area (Å²) >= 11 is 0. The van der Waals surface area contributed by atoms with Gasteiger partial charge in [0.2, 0.25) is 11.8 Å². The van der Waals surface area contributed by atoms with Crippen molar-refractivity contribution in [2.24, 2.45) is 0 Å². The minimum absolute atomic E-state index is 0.103. The summed E-state index contributed by atoms with van der Waals surface area (Å²) in [5.74, 6) is 0.779.